The molecule has 2 N–H and O–H groups in total. The number of piperazine rings is 1. The van der Waals surface area contributed by atoms with Gasteiger partial charge >= 0.3 is 11.9 Å². The molecule has 2 aromatic rings. The molecular formula is C28H37FN2O6. The number of halogens is 1. The fourth-order valence-corrected chi connectivity index (χ4v) is 4.03. The molecule has 1 aliphatic heterocycles. The topological polar surface area (TPSA) is 107 Å². The molecule has 37 heavy (non-hydrogen) atoms. The van der Waals surface area contributed by atoms with Crippen molar-refractivity contribution in [3.8, 4) is 5.75 Å². The predicted molar refractivity (Wildman–Crippen MR) is 138 cm³/mol. The van der Waals surface area contributed by atoms with E-state index < -0.39 is 11.9 Å². The van der Waals surface area contributed by atoms with Crippen molar-refractivity contribution in [2.75, 3.05) is 32.7 Å². The number of nitrogens with zero attached hydrogens (tertiary/aromatic N) is 2. The van der Waals surface area contributed by atoms with Crippen LogP contribution in [0.3, 0.4) is 0 Å². The van der Waals surface area contributed by atoms with E-state index in [-0.39, 0.29) is 11.7 Å². The molecule has 3 rings (SSSR count). The second-order valence-corrected chi connectivity index (χ2v) is 9.93. The molecule has 0 radical (unpaired) electrons. The van der Waals surface area contributed by atoms with Crippen LogP contribution >= 0.6 is 0 Å². The van der Waals surface area contributed by atoms with Gasteiger partial charge in [-0.25, -0.2) is 14.0 Å². The number of amides is 1. The first kappa shape index (κ1) is 29.8. The summed E-state index contributed by atoms with van der Waals surface area (Å²) in [6, 6.07) is 12.1. The molecule has 0 atom stereocenters. The SMILES string of the molecule is CC(C)Cc1cc(C(=O)N2CCN(CC(C)C)CC2)ccc1OCc1ccc(F)cc1.O=C(O)C(=O)O. The number of carbonyl (C=O) groups is 3. The molecule has 1 fully saturated rings. The Morgan fingerprint density at radius 1 is 0.892 bits per heavy atom. The van der Waals surface area contributed by atoms with Crippen LogP contribution in [-0.4, -0.2) is 70.6 Å². The third-order valence-corrected chi connectivity index (χ3v) is 5.71. The molecule has 0 spiro atoms. The quantitative estimate of drug-likeness (QED) is 0.507. The van der Waals surface area contributed by atoms with Crippen LogP contribution in [0.5, 0.6) is 5.75 Å². The number of hydrogen-bond donors (Lipinski definition) is 2. The molecule has 9 heteroatoms. The summed E-state index contributed by atoms with van der Waals surface area (Å²) < 4.78 is 19.2. The molecule has 0 unspecified atom stereocenters. The van der Waals surface area contributed by atoms with Crippen LogP contribution < -0.4 is 4.74 Å². The van der Waals surface area contributed by atoms with Gasteiger partial charge in [0.05, 0.1) is 0 Å². The lowest BCUT2D eigenvalue weighted by atomic mass is 9.99. The van der Waals surface area contributed by atoms with Crippen molar-refractivity contribution in [1.82, 2.24) is 9.80 Å². The monoisotopic (exact) mass is 516 g/mol. The van der Waals surface area contributed by atoms with Crippen molar-refractivity contribution in [2.45, 2.75) is 40.7 Å². The van der Waals surface area contributed by atoms with E-state index >= 15 is 0 Å². The molecule has 1 amide bonds. The molecule has 8 nitrogen and oxygen atoms in total. The molecule has 2 aromatic carbocycles. The summed E-state index contributed by atoms with van der Waals surface area (Å²) in [4.78, 5) is 35.7. The molecule has 0 aromatic heterocycles. The Hall–Kier alpha value is -3.46. The number of rotatable bonds is 8. The second-order valence-electron chi connectivity index (χ2n) is 9.93. The molecule has 1 heterocycles. The highest BCUT2D eigenvalue weighted by Crippen LogP contribution is 2.25. The van der Waals surface area contributed by atoms with E-state index in [1.165, 1.54) is 12.1 Å². The van der Waals surface area contributed by atoms with Crippen molar-refractivity contribution in [1.29, 1.82) is 0 Å². The fraction of sp³-hybridized carbons (Fsp3) is 0.464. The average molecular weight is 517 g/mol. The van der Waals surface area contributed by atoms with Gasteiger partial charge < -0.3 is 19.8 Å². The standard InChI is InChI=1S/C26H35FN2O2.C2H2O4/c1-19(2)15-23-16-22(26(30)29-13-11-28(12-14-29)17-20(3)4)7-10-25(23)31-18-21-5-8-24(27)9-6-21;3-1(4)2(5)6/h5-10,16,19-20H,11-15,17-18H2,1-4H3;(H,3,4)(H,5,6). The van der Waals surface area contributed by atoms with E-state index in [1.54, 1.807) is 12.1 Å². The summed E-state index contributed by atoms with van der Waals surface area (Å²) >= 11 is 0. The summed E-state index contributed by atoms with van der Waals surface area (Å²) in [6.45, 7) is 13.6. The molecule has 0 bridgehead atoms. The summed E-state index contributed by atoms with van der Waals surface area (Å²) in [5.74, 6) is -1.93. The van der Waals surface area contributed by atoms with Crippen LogP contribution in [0, 0.1) is 17.7 Å². The van der Waals surface area contributed by atoms with Gasteiger partial charge in [-0.05, 0) is 59.7 Å². The maximum absolute atomic E-state index is 13.1. The second kappa shape index (κ2) is 14.3. The average Bonchev–Trinajstić information content (AvgIpc) is 2.84. The Kier molecular flexibility index (Phi) is 11.5. The molecule has 202 valence electrons. The zero-order chi connectivity index (χ0) is 27.5. The minimum Gasteiger partial charge on any atom is -0.489 e. The highest BCUT2D eigenvalue weighted by atomic mass is 19.1. The van der Waals surface area contributed by atoms with Crippen molar-refractivity contribution in [3.05, 3.63) is 65.0 Å². The first-order valence-electron chi connectivity index (χ1n) is 12.4. The van der Waals surface area contributed by atoms with Gasteiger partial charge in [0.2, 0.25) is 0 Å². The Balaban J connectivity index is 0.000000717. The largest absolute Gasteiger partial charge is 0.489 e. The summed E-state index contributed by atoms with van der Waals surface area (Å²) in [5.41, 5.74) is 2.68. The van der Waals surface area contributed by atoms with Crippen molar-refractivity contribution >= 4 is 17.8 Å². The van der Waals surface area contributed by atoms with Crippen molar-refractivity contribution in [2.24, 2.45) is 11.8 Å². The summed E-state index contributed by atoms with van der Waals surface area (Å²) in [5, 5.41) is 14.8. The Morgan fingerprint density at radius 3 is 2.00 bits per heavy atom. The van der Waals surface area contributed by atoms with Gasteiger partial charge in [0, 0.05) is 38.3 Å². The maximum atomic E-state index is 13.1. The summed E-state index contributed by atoms with van der Waals surface area (Å²) in [6.07, 6.45) is 0.835. The molecule has 1 saturated heterocycles. The molecule has 0 saturated carbocycles. The third-order valence-electron chi connectivity index (χ3n) is 5.71. The number of benzene rings is 2. The van der Waals surface area contributed by atoms with Crippen molar-refractivity contribution in [3.63, 3.8) is 0 Å². The lowest BCUT2D eigenvalue weighted by Crippen LogP contribution is -2.49. The van der Waals surface area contributed by atoms with Gasteiger partial charge in [-0.1, -0.05) is 39.8 Å². The highest BCUT2D eigenvalue weighted by molar-refractivity contribution is 6.27. The van der Waals surface area contributed by atoms with E-state index in [4.69, 9.17) is 24.5 Å². The zero-order valence-electron chi connectivity index (χ0n) is 21.9. The van der Waals surface area contributed by atoms with Gasteiger partial charge in [-0.3, -0.25) is 9.69 Å². The van der Waals surface area contributed by atoms with Crippen molar-refractivity contribution < 1.29 is 33.7 Å². The number of hydrogen-bond acceptors (Lipinski definition) is 5. The summed E-state index contributed by atoms with van der Waals surface area (Å²) in [7, 11) is 0. The number of ether oxygens (including phenoxy) is 1. The Bertz CT molecular complexity index is 1040. The van der Waals surface area contributed by atoms with Crippen LogP contribution in [0.4, 0.5) is 4.39 Å². The van der Waals surface area contributed by atoms with Crippen LogP contribution in [-0.2, 0) is 22.6 Å². The van der Waals surface area contributed by atoms with Gasteiger partial charge in [0.1, 0.15) is 18.2 Å². The first-order chi connectivity index (χ1) is 17.5. The number of carboxylic acid groups (broad SMARTS) is 2. The predicted octanol–water partition coefficient (Wildman–Crippen LogP) is 4.17. The third kappa shape index (κ3) is 10.2. The zero-order valence-corrected chi connectivity index (χ0v) is 21.9. The van der Waals surface area contributed by atoms with Crippen LogP contribution in [0.2, 0.25) is 0 Å². The van der Waals surface area contributed by atoms with E-state index in [0.717, 1.165) is 61.6 Å². The molecule has 1 aliphatic rings. The number of aliphatic carboxylic acids is 2. The Morgan fingerprint density at radius 2 is 1.49 bits per heavy atom. The van der Waals surface area contributed by atoms with Gasteiger partial charge in [0.15, 0.2) is 0 Å². The fourth-order valence-electron chi connectivity index (χ4n) is 4.03. The number of carbonyl (C=O) groups excluding carboxylic acids is 1. The van der Waals surface area contributed by atoms with Gasteiger partial charge in [0.25, 0.3) is 5.91 Å². The molecule has 0 aliphatic carbocycles. The normalized spacial score (nSPS) is 13.8. The smallest absolute Gasteiger partial charge is 0.414 e. The first-order valence-corrected chi connectivity index (χ1v) is 12.4. The Labute approximate surface area is 217 Å². The number of carboxylic acids is 2. The van der Waals surface area contributed by atoms with Crippen LogP contribution in [0.25, 0.3) is 0 Å². The van der Waals surface area contributed by atoms with Crippen LogP contribution in [0.1, 0.15) is 49.2 Å². The van der Waals surface area contributed by atoms with Gasteiger partial charge in [-0.2, -0.15) is 0 Å². The maximum Gasteiger partial charge on any atom is 0.414 e. The van der Waals surface area contributed by atoms with E-state index in [9.17, 15) is 9.18 Å². The van der Waals surface area contributed by atoms with E-state index in [1.807, 2.05) is 23.1 Å². The van der Waals surface area contributed by atoms with E-state index in [2.05, 4.69) is 32.6 Å². The highest BCUT2D eigenvalue weighted by Gasteiger charge is 2.23. The minimum atomic E-state index is -1.82. The molecular weight excluding hydrogens is 479 g/mol. The van der Waals surface area contributed by atoms with E-state index in [0.29, 0.717) is 18.4 Å². The van der Waals surface area contributed by atoms with Crippen LogP contribution in [0.15, 0.2) is 42.5 Å². The lowest BCUT2D eigenvalue weighted by Gasteiger charge is -2.35. The lowest BCUT2D eigenvalue weighted by molar-refractivity contribution is -0.159. The van der Waals surface area contributed by atoms with Gasteiger partial charge in [-0.15, -0.1) is 0 Å². The minimum absolute atomic E-state index is 0.0966.